The molecule has 3 aromatic rings. The van der Waals surface area contributed by atoms with E-state index in [9.17, 15) is 9.90 Å². The Morgan fingerprint density at radius 3 is 2.26 bits per heavy atom. The summed E-state index contributed by atoms with van der Waals surface area (Å²) in [5, 5.41) is 16.3. The van der Waals surface area contributed by atoms with Crippen LogP contribution in [0.4, 0.5) is 16.2 Å². The zero-order valence-corrected chi connectivity index (χ0v) is 23.4. The molecule has 5 nitrogen and oxygen atoms in total. The normalized spacial score (nSPS) is 12.8. The fraction of sp³-hybridized carbons (Fsp3) is 0.219. The summed E-state index contributed by atoms with van der Waals surface area (Å²) in [5.74, 6) is 0.132. The van der Waals surface area contributed by atoms with Gasteiger partial charge in [-0.05, 0) is 78.3 Å². The van der Waals surface area contributed by atoms with Crippen molar-refractivity contribution in [1.29, 1.82) is 0 Å². The fourth-order valence-electron chi connectivity index (χ4n) is 4.51. The molecule has 3 aromatic carbocycles. The molecular formula is C32H33Cl2N3O2. The molecule has 0 atom stereocenters. The maximum atomic E-state index is 13.5. The molecule has 0 saturated carbocycles. The zero-order chi connectivity index (χ0) is 27.8. The van der Waals surface area contributed by atoms with Crippen molar-refractivity contribution in [2.75, 3.05) is 16.8 Å². The van der Waals surface area contributed by atoms with E-state index in [1.807, 2.05) is 36.4 Å². The maximum Gasteiger partial charge on any atom is 0.326 e. The van der Waals surface area contributed by atoms with Crippen LogP contribution in [0.15, 0.2) is 91.7 Å². The summed E-state index contributed by atoms with van der Waals surface area (Å²) in [6, 6.07) is 20.7. The number of aliphatic hydroxyl groups is 1. The van der Waals surface area contributed by atoms with Crippen LogP contribution in [0.1, 0.15) is 48.8 Å². The number of nitrogens with one attached hydrogen (secondary N) is 2. The second-order valence-electron chi connectivity index (χ2n) is 9.61. The molecular weight excluding hydrogens is 529 g/mol. The number of aliphatic hydroxyl groups excluding tert-OH is 1. The molecule has 0 fully saturated rings. The first kappa shape index (κ1) is 28.3. The van der Waals surface area contributed by atoms with Crippen LogP contribution in [-0.4, -0.2) is 17.7 Å². The molecule has 0 radical (unpaired) electrons. The van der Waals surface area contributed by atoms with E-state index in [1.54, 1.807) is 23.1 Å². The Morgan fingerprint density at radius 2 is 1.64 bits per heavy atom. The third-order valence-electron chi connectivity index (χ3n) is 6.59. The molecule has 0 spiro atoms. The van der Waals surface area contributed by atoms with Gasteiger partial charge in [0.2, 0.25) is 0 Å². The van der Waals surface area contributed by atoms with E-state index in [4.69, 9.17) is 23.2 Å². The number of hydrogen-bond acceptors (Lipinski definition) is 3. The van der Waals surface area contributed by atoms with Crippen molar-refractivity contribution in [1.82, 2.24) is 5.32 Å². The number of carbonyl (C=O) groups excluding carboxylic acids is 1. The van der Waals surface area contributed by atoms with Crippen molar-refractivity contribution in [3.05, 3.63) is 118 Å². The number of allylic oxidation sites excluding steroid dienone is 2. The summed E-state index contributed by atoms with van der Waals surface area (Å²) >= 11 is 12.3. The van der Waals surface area contributed by atoms with Crippen molar-refractivity contribution in [3.8, 4) is 0 Å². The van der Waals surface area contributed by atoms with Gasteiger partial charge in [0.1, 0.15) is 0 Å². The summed E-state index contributed by atoms with van der Waals surface area (Å²) < 4.78 is 0. The molecule has 202 valence electrons. The third-order valence-corrected chi connectivity index (χ3v) is 7.03. The van der Waals surface area contributed by atoms with E-state index in [1.165, 1.54) is 24.0 Å². The highest BCUT2D eigenvalue weighted by molar-refractivity contribution is 6.35. The van der Waals surface area contributed by atoms with Crippen molar-refractivity contribution < 1.29 is 9.90 Å². The molecule has 39 heavy (non-hydrogen) atoms. The standard InChI is InChI=1S/C32H33Cl2N3O2/c1-22(38)16-17-35-23(2)25-10-8-24(9-11-25)21-37(32(39)36-30-19-28(33)18-29(34)20-30)31-14-12-27(13-15-31)26-6-4-3-5-7-26/h6,8-15,18-20,35,38H,1-5,7,16-17,21H2,(H,36,39). The van der Waals surface area contributed by atoms with E-state index >= 15 is 0 Å². The molecule has 1 aliphatic carbocycles. The average molecular weight is 563 g/mol. The number of halogens is 2. The minimum absolute atomic E-state index is 0.132. The third kappa shape index (κ3) is 8.16. The molecule has 2 amide bonds. The lowest BCUT2D eigenvalue weighted by Gasteiger charge is -2.24. The number of amides is 2. The van der Waals surface area contributed by atoms with Gasteiger partial charge in [0.05, 0.1) is 12.3 Å². The van der Waals surface area contributed by atoms with Gasteiger partial charge in [-0.3, -0.25) is 4.90 Å². The molecule has 0 bridgehead atoms. The highest BCUT2D eigenvalue weighted by Crippen LogP contribution is 2.29. The summed E-state index contributed by atoms with van der Waals surface area (Å²) in [6.07, 6.45) is 7.41. The molecule has 0 heterocycles. The zero-order valence-electron chi connectivity index (χ0n) is 21.9. The number of hydrogen-bond donors (Lipinski definition) is 3. The van der Waals surface area contributed by atoms with Gasteiger partial charge >= 0.3 is 6.03 Å². The molecule has 4 rings (SSSR count). The van der Waals surface area contributed by atoms with Gasteiger partial charge in [0, 0.05) is 40.1 Å². The van der Waals surface area contributed by atoms with E-state index in [0.29, 0.717) is 35.2 Å². The van der Waals surface area contributed by atoms with Gasteiger partial charge in [-0.25, -0.2) is 4.79 Å². The summed E-state index contributed by atoms with van der Waals surface area (Å²) in [7, 11) is 0. The quantitative estimate of drug-likeness (QED) is 0.216. The largest absolute Gasteiger partial charge is 0.513 e. The Bertz CT molecular complexity index is 1340. The van der Waals surface area contributed by atoms with Crippen molar-refractivity contribution in [2.24, 2.45) is 0 Å². The van der Waals surface area contributed by atoms with Crippen LogP contribution in [0.3, 0.4) is 0 Å². The SMILES string of the molecule is C=C(O)CCNC(=C)c1ccc(CN(C(=O)Nc2cc(Cl)cc(Cl)c2)c2ccc(C3=CCCCC3)cc2)cc1. The van der Waals surface area contributed by atoms with Crippen LogP contribution in [0.2, 0.25) is 10.0 Å². The highest BCUT2D eigenvalue weighted by atomic mass is 35.5. The Morgan fingerprint density at radius 1 is 0.949 bits per heavy atom. The minimum Gasteiger partial charge on any atom is -0.513 e. The first-order chi connectivity index (χ1) is 18.8. The Balaban J connectivity index is 1.54. The predicted octanol–water partition coefficient (Wildman–Crippen LogP) is 9.21. The van der Waals surface area contributed by atoms with E-state index in [0.717, 1.165) is 35.4 Å². The molecule has 0 unspecified atom stereocenters. The first-order valence-electron chi connectivity index (χ1n) is 13.0. The summed E-state index contributed by atoms with van der Waals surface area (Å²) in [6.45, 7) is 8.47. The van der Waals surface area contributed by atoms with Crippen LogP contribution < -0.4 is 15.5 Å². The lowest BCUT2D eigenvalue weighted by Crippen LogP contribution is -2.34. The monoisotopic (exact) mass is 561 g/mol. The Hall–Kier alpha value is -3.67. The topological polar surface area (TPSA) is 64.6 Å². The smallest absolute Gasteiger partial charge is 0.326 e. The van der Waals surface area contributed by atoms with Crippen LogP contribution in [-0.2, 0) is 6.54 Å². The maximum absolute atomic E-state index is 13.5. The van der Waals surface area contributed by atoms with Gasteiger partial charge in [-0.1, -0.05) is 78.8 Å². The lowest BCUT2D eigenvalue weighted by atomic mass is 9.93. The van der Waals surface area contributed by atoms with E-state index in [2.05, 4.69) is 42.0 Å². The summed E-state index contributed by atoms with van der Waals surface area (Å²) in [4.78, 5) is 15.2. The number of anilines is 2. The number of nitrogens with zero attached hydrogens (tertiary/aromatic N) is 1. The van der Waals surface area contributed by atoms with Gasteiger partial charge in [-0.2, -0.15) is 0 Å². The number of carbonyl (C=O) groups is 1. The average Bonchev–Trinajstić information content (AvgIpc) is 2.92. The van der Waals surface area contributed by atoms with E-state index in [-0.39, 0.29) is 11.8 Å². The Kier molecular flexibility index (Phi) is 9.74. The van der Waals surface area contributed by atoms with Crippen LogP contribution >= 0.6 is 23.2 Å². The minimum atomic E-state index is -0.294. The van der Waals surface area contributed by atoms with Crippen molar-refractivity contribution in [3.63, 3.8) is 0 Å². The van der Waals surface area contributed by atoms with Crippen molar-refractivity contribution in [2.45, 2.75) is 38.6 Å². The molecule has 0 aliphatic heterocycles. The van der Waals surface area contributed by atoms with E-state index < -0.39 is 0 Å². The lowest BCUT2D eigenvalue weighted by molar-refractivity contribution is 0.256. The van der Waals surface area contributed by atoms with Gasteiger partial charge in [0.15, 0.2) is 0 Å². The molecule has 0 saturated heterocycles. The van der Waals surface area contributed by atoms with Gasteiger partial charge in [-0.15, -0.1) is 0 Å². The number of rotatable bonds is 10. The summed E-state index contributed by atoms with van der Waals surface area (Å²) in [5.41, 5.74) is 6.49. The van der Waals surface area contributed by atoms with Gasteiger partial charge < -0.3 is 15.7 Å². The molecule has 1 aliphatic rings. The van der Waals surface area contributed by atoms with Gasteiger partial charge in [0.25, 0.3) is 0 Å². The molecule has 7 heteroatoms. The predicted molar refractivity (Wildman–Crippen MR) is 164 cm³/mol. The first-order valence-corrected chi connectivity index (χ1v) is 13.8. The molecule has 3 N–H and O–H groups in total. The highest BCUT2D eigenvalue weighted by Gasteiger charge is 2.18. The fourth-order valence-corrected chi connectivity index (χ4v) is 5.03. The second kappa shape index (κ2) is 13.4. The Labute approximate surface area is 240 Å². The molecule has 0 aromatic heterocycles. The number of urea groups is 1. The van der Waals surface area contributed by atoms with Crippen LogP contribution in [0.5, 0.6) is 0 Å². The van der Waals surface area contributed by atoms with Crippen LogP contribution in [0.25, 0.3) is 11.3 Å². The second-order valence-corrected chi connectivity index (χ2v) is 10.5. The van der Waals surface area contributed by atoms with Crippen LogP contribution in [0, 0.1) is 0 Å². The number of benzene rings is 3. The van der Waals surface area contributed by atoms with Crippen molar-refractivity contribution >= 4 is 51.9 Å².